The van der Waals surface area contributed by atoms with Gasteiger partial charge in [-0.1, -0.05) is 0 Å². The summed E-state index contributed by atoms with van der Waals surface area (Å²) < 4.78 is 53.7. The molecule has 3 N–H and O–H groups in total. The van der Waals surface area contributed by atoms with Gasteiger partial charge >= 0.3 is 6.18 Å². The highest BCUT2D eigenvalue weighted by Crippen LogP contribution is 2.50. The molecule has 35 heavy (non-hydrogen) atoms. The number of fused-ring (bicyclic) bond motifs is 2. The van der Waals surface area contributed by atoms with Crippen molar-refractivity contribution < 1.29 is 38.0 Å². The van der Waals surface area contributed by atoms with Crippen molar-refractivity contribution in [1.29, 1.82) is 0 Å². The molecule has 3 aliphatic heterocycles. The molecule has 8 nitrogen and oxygen atoms in total. The lowest BCUT2D eigenvalue weighted by Crippen LogP contribution is -2.45. The van der Waals surface area contributed by atoms with E-state index >= 15 is 0 Å². The topological polar surface area (TPSA) is 100 Å². The fraction of sp³-hybridized carbons (Fsp3) is 0.696. The van der Waals surface area contributed by atoms with Crippen molar-refractivity contribution in [3.05, 3.63) is 38.8 Å². The van der Waals surface area contributed by atoms with Crippen molar-refractivity contribution >= 4 is 11.3 Å². The lowest BCUT2D eigenvalue weighted by Gasteiger charge is -2.43. The van der Waals surface area contributed by atoms with Gasteiger partial charge in [0.2, 0.25) is 0 Å². The molecule has 12 heteroatoms. The molecule has 3 aliphatic rings. The van der Waals surface area contributed by atoms with Gasteiger partial charge in [0.1, 0.15) is 22.2 Å². The second-order valence-electron chi connectivity index (χ2n) is 9.73. The smallest absolute Gasteiger partial charge is 0.392 e. The third-order valence-electron chi connectivity index (χ3n) is 7.44. The molecule has 5 heterocycles. The molecule has 0 radical (unpaired) electrons. The van der Waals surface area contributed by atoms with E-state index in [9.17, 15) is 28.5 Å². The Labute approximate surface area is 204 Å². The molecule has 1 spiro atoms. The maximum Gasteiger partial charge on any atom is 0.425 e. The van der Waals surface area contributed by atoms with E-state index in [0.29, 0.717) is 69.0 Å². The zero-order valence-electron chi connectivity index (χ0n) is 19.3. The summed E-state index contributed by atoms with van der Waals surface area (Å²) in [6, 6.07) is 0. The van der Waals surface area contributed by atoms with Crippen molar-refractivity contribution in [2.24, 2.45) is 0 Å². The Kier molecular flexibility index (Phi) is 6.75. The Morgan fingerprint density at radius 3 is 2.63 bits per heavy atom. The van der Waals surface area contributed by atoms with Gasteiger partial charge in [-0.25, -0.2) is 0 Å². The Bertz CT molecular complexity index is 1040. The normalized spacial score (nSPS) is 25.8. The second-order valence-corrected chi connectivity index (χ2v) is 10.8. The number of nitrogens with zero attached hydrogens (tertiary/aromatic N) is 3. The van der Waals surface area contributed by atoms with Gasteiger partial charge in [-0.05, 0) is 24.8 Å². The molecular weight excluding hydrogens is 487 g/mol. The minimum atomic E-state index is -4.49. The maximum atomic E-state index is 13.6. The van der Waals surface area contributed by atoms with Gasteiger partial charge in [-0.3, -0.25) is 9.58 Å². The average Bonchev–Trinajstić information content (AvgIpc) is 3.54. The van der Waals surface area contributed by atoms with Crippen molar-refractivity contribution in [1.82, 2.24) is 14.7 Å². The number of rotatable bonds is 6. The fourth-order valence-electron chi connectivity index (χ4n) is 5.41. The number of hydrogen-bond acceptors (Lipinski definition) is 8. The fourth-order valence-corrected chi connectivity index (χ4v) is 6.84. The SMILES string of the molecule is OCc1c(C(F)(F)F)sc2c1CCOC21CCN(Cc2cnn(CC(O)C3(O)CCOC3)c2)CC1. The van der Waals surface area contributed by atoms with Gasteiger partial charge in [0.05, 0.1) is 32.6 Å². The molecule has 0 amide bonds. The monoisotopic (exact) mass is 517 g/mol. The molecule has 2 aromatic heterocycles. The van der Waals surface area contributed by atoms with E-state index in [0.717, 1.165) is 16.9 Å². The van der Waals surface area contributed by atoms with Crippen molar-refractivity contribution in [2.75, 3.05) is 32.9 Å². The van der Waals surface area contributed by atoms with Crippen LogP contribution in [-0.2, 0) is 47.4 Å². The quantitative estimate of drug-likeness (QED) is 0.539. The van der Waals surface area contributed by atoms with Crippen LogP contribution >= 0.6 is 11.3 Å². The van der Waals surface area contributed by atoms with Crippen LogP contribution in [0.3, 0.4) is 0 Å². The van der Waals surface area contributed by atoms with Crippen LogP contribution in [0.25, 0.3) is 0 Å². The zero-order valence-corrected chi connectivity index (χ0v) is 20.1. The third kappa shape index (κ3) is 4.77. The van der Waals surface area contributed by atoms with E-state index in [4.69, 9.17) is 9.47 Å². The largest absolute Gasteiger partial charge is 0.425 e. The molecule has 5 rings (SSSR count). The Hall–Kier alpha value is -1.54. The highest BCUT2D eigenvalue weighted by atomic mass is 32.1. The molecule has 2 saturated heterocycles. The summed E-state index contributed by atoms with van der Waals surface area (Å²) in [5, 5.41) is 34.8. The predicted octanol–water partition coefficient (Wildman–Crippen LogP) is 2.03. The molecular formula is C23H30F3N3O5S. The van der Waals surface area contributed by atoms with Gasteiger partial charge in [-0.15, -0.1) is 11.3 Å². The van der Waals surface area contributed by atoms with E-state index < -0.39 is 35.0 Å². The van der Waals surface area contributed by atoms with Crippen LogP contribution in [0.5, 0.6) is 0 Å². The molecule has 0 aromatic carbocycles. The first kappa shape index (κ1) is 25.1. The minimum Gasteiger partial charge on any atom is -0.392 e. The van der Waals surface area contributed by atoms with Crippen molar-refractivity contribution in [2.45, 2.75) is 68.9 Å². The average molecular weight is 518 g/mol. The number of ether oxygens (including phenoxy) is 2. The van der Waals surface area contributed by atoms with Crippen molar-refractivity contribution in [3.8, 4) is 0 Å². The van der Waals surface area contributed by atoms with Crippen LogP contribution in [0.2, 0.25) is 0 Å². The van der Waals surface area contributed by atoms with E-state index in [2.05, 4.69) is 10.00 Å². The highest BCUT2D eigenvalue weighted by Gasteiger charge is 2.47. The first-order valence-electron chi connectivity index (χ1n) is 11.8. The van der Waals surface area contributed by atoms with Crippen LogP contribution < -0.4 is 0 Å². The van der Waals surface area contributed by atoms with Crippen LogP contribution in [0, 0.1) is 0 Å². The highest BCUT2D eigenvalue weighted by molar-refractivity contribution is 7.12. The number of alkyl halides is 3. The van der Waals surface area contributed by atoms with Gasteiger partial charge in [0, 0.05) is 54.9 Å². The molecule has 0 aliphatic carbocycles. The first-order chi connectivity index (χ1) is 16.6. The Morgan fingerprint density at radius 2 is 1.97 bits per heavy atom. The summed E-state index contributed by atoms with van der Waals surface area (Å²) in [7, 11) is 0. The summed E-state index contributed by atoms with van der Waals surface area (Å²) in [5.41, 5.74) is -0.429. The summed E-state index contributed by atoms with van der Waals surface area (Å²) in [4.78, 5) is 2.13. The number of aliphatic hydroxyl groups excluding tert-OH is 2. The van der Waals surface area contributed by atoms with Gasteiger partial charge in [0.15, 0.2) is 0 Å². The number of aromatic nitrogens is 2. The predicted molar refractivity (Wildman–Crippen MR) is 120 cm³/mol. The third-order valence-corrected chi connectivity index (χ3v) is 8.95. The van der Waals surface area contributed by atoms with E-state index in [1.54, 1.807) is 10.9 Å². The van der Waals surface area contributed by atoms with Gasteiger partial charge in [0.25, 0.3) is 0 Å². The first-order valence-corrected chi connectivity index (χ1v) is 12.6. The maximum absolute atomic E-state index is 13.6. The molecule has 2 aromatic rings. The second kappa shape index (κ2) is 9.40. The summed E-state index contributed by atoms with van der Waals surface area (Å²) in [6.07, 6.45) is 0.00255. The molecule has 194 valence electrons. The lowest BCUT2D eigenvalue weighted by molar-refractivity contribution is -0.135. The summed E-state index contributed by atoms with van der Waals surface area (Å²) >= 11 is 0.728. The van der Waals surface area contributed by atoms with Crippen LogP contribution in [0.1, 0.15) is 45.7 Å². The standard InChI is InChI=1S/C23H30F3N3O5S/c24-23(25,26)20-17(13-30)16-1-7-34-22(19(16)35-20)2-5-28(6-3-22)10-15-9-27-29(11-15)12-18(31)21(32)4-8-33-14-21/h9,11,18,30-32H,1-8,10,12-14H2. The van der Waals surface area contributed by atoms with E-state index in [1.165, 1.54) is 0 Å². The van der Waals surface area contributed by atoms with Gasteiger partial charge in [-0.2, -0.15) is 18.3 Å². The summed E-state index contributed by atoms with van der Waals surface area (Å²) in [5.74, 6) is 0. The molecule has 2 atom stereocenters. The molecule has 2 unspecified atom stereocenters. The van der Waals surface area contributed by atoms with Crippen LogP contribution in [0.15, 0.2) is 12.4 Å². The zero-order chi connectivity index (χ0) is 24.8. The number of likely N-dealkylation sites (tertiary alicyclic amines) is 1. The van der Waals surface area contributed by atoms with Gasteiger partial charge < -0.3 is 24.8 Å². The minimum absolute atomic E-state index is 0.00559. The number of halogens is 3. The van der Waals surface area contributed by atoms with E-state index in [-0.39, 0.29) is 18.7 Å². The number of hydrogen-bond donors (Lipinski definition) is 3. The lowest BCUT2D eigenvalue weighted by atomic mass is 9.84. The number of aliphatic hydroxyl groups is 3. The summed E-state index contributed by atoms with van der Waals surface area (Å²) in [6.45, 7) is 2.34. The molecule has 0 saturated carbocycles. The Morgan fingerprint density at radius 1 is 1.20 bits per heavy atom. The molecule has 2 fully saturated rings. The van der Waals surface area contributed by atoms with Crippen molar-refractivity contribution in [3.63, 3.8) is 0 Å². The number of thiophene rings is 1. The Balaban J connectivity index is 1.23. The molecule has 0 bridgehead atoms. The van der Waals surface area contributed by atoms with E-state index in [1.807, 2.05) is 6.20 Å². The van der Waals surface area contributed by atoms with Crippen LogP contribution in [0.4, 0.5) is 13.2 Å². The number of piperidine rings is 1. The van der Waals surface area contributed by atoms with Crippen LogP contribution in [-0.4, -0.2) is 74.6 Å².